The van der Waals surface area contributed by atoms with Crippen LogP contribution in [0.15, 0.2) is 24.3 Å². The third kappa shape index (κ3) is 1.93. The maximum absolute atomic E-state index is 11.6. The highest BCUT2D eigenvalue weighted by molar-refractivity contribution is 7.95. The molecule has 18 heavy (non-hydrogen) atoms. The van der Waals surface area contributed by atoms with Crippen molar-refractivity contribution in [3.05, 3.63) is 35.4 Å². The Bertz CT molecular complexity index is 683. The van der Waals surface area contributed by atoms with E-state index < -0.39 is 26.6 Å². The molecule has 0 radical (unpaired) electrons. The summed E-state index contributed by atoms with van der Waals surface area (Å²) in [6.45, 7) is 0. The summed E-state index contributed by atoms with van der Waals surface area (Å²) >= 11 is 0. The maximum atomic E-state index is 11.6. The molecule has 1 aliphatic rings. The first-order valence-electron chi connectivity index (χ1n) is 4.81. The van der Waals surface area contributed by atoms with Crippen molar-refractivity contribution in [2.75, 3.05) is 7.11 Å². The Morgan fingerprint density at radius 3 is 2.39 bits per heavy atom. The van der Waals surface area contributed by atoms with Gasteiger partial charge in [-0.05, 0) is 18.2 Å². The monoisotopic (exact) mass is 268 g/mol. The van der Waals surface area contributed by atoms with Crippen molar-refractivity contribution in [3.63, 3.8) is 0 Å². The number of carbonyl (C=O) groups is 2. The predicted octanol–water partition coefficient (Wildman–Crippen LogP) is 0.689. The number of hydrogen-bond acceptors (Lipinski definition) is 5. The molecule has 0 unspecified atom stereocenters. The van der Waals surface area contributed by atoms with E-state index in [2.05, 4.69) is 0 Å². The third-order valence-electron chi connectivity index (χ3n) is 2.50. The molecule has 1 aliphatic carbocycles. The third-order valence-corrected chi connectivity index (χ3v) is 3.39. The zero-order valence-electron chi connectivity index (χ0n) is 9.21. The number of benzene rings is 1. The molecule has 1 N–H and O–H groups in total. The van der Waals surface area contributed by atoms with Crippen LogP contribution in [-0.2, 0) is 14.9 Å². The number of carbonyl (C=O) groups excluding carboxylic acids is 2. The first-order chi connectivity index (χ1) is 8.34. The molecule has 1 aromatic rings. The number of allylic oxidation sites excluding steroid dienone is 1. The molecule has 0 saturated heterocycles. The molecule has 0 fully saturated rings. The van der Waals surface area contributed by atoms with Crippen LogP contribution in [0.4, 0.5) is 0 Å². The van der Waals surface area contributed by atoms with E-state index in [1.807, 2.05) is 0 Å². The lowest BCUT2D eigenvalue weighted by molar-refractivity contribution is -0.110. The number of ketones is 2. The number of methoxy groups -OCH3 is 1. The molecule has 6 nitrogen and oxygen atoms in total. The Labute approximate surface area is 103 Å². The van der Waals surface area contributed by atoms with Crippen molar-refractivity contribution in [1.29, 1.82) is 0 Å². The molecular formula is C11H8O6S. The summed E-state index contributed by atoms with van der Waals surface area (Å²) in [6, 6.07) is 3.99. The van der Waals surface area contributed by atoms with E-state index >= 15 is 0 Å². The van der Waals surface area contributed by atoms with Crippen molar-refractivity contribution < 1.29 is 27.3 Å². The van der Waals surface area contributed by atoms with Gasteiger partial charge in [0.05, 0.1) is 7.11 Å². The smallest absolute Gasteiger partial charge is 0.295 e. The Morgan fingerprint density at radius 1 is 1.17 bits per heavy atom. The minimum atomic E-state index is -4.57. The van der Waals surface area contributed by atoms with E-state index in [1.165, 1.54) is 25.3 Å². The standard InChI is InChI=1S/C11H8O6S/c1-17-6-2-3-7-8(4-6)11(13)9(12)5-10(7)18(14,15)16/h2-5H,1H3,(H,14,15,16). The van der Waals surface area contributed by atoms with Gasteiger partial charge in [0.1, 0.15) is 10.7 Å². The number of hydrogen-bond donors (Lipinski definition) is 1. The normalized spacial score (nSPS) is 15.1. The fourth-order valence-corrected chi connectivity index (χ4v) is 2.37. The van der Waals surface area contributed by atoms with Crippen LogP contribution in [0.1, 0.15) is 15.9 Å². The molecule has 0 aromatic heterocycles. The highest BCUT2D eigenvalue weighted by Gasteiger charge is 2.31. The van der Waals surface area contributed by atoms with Gasteiger partial charge in [-0.1, -0.05) is 0 Å². The van der Waals surface area contributed by atoms with Crippen LogP contribution >= 0.6 is 0 Å². The zero-order valence-corrected chi connectivity index (χ0v) is 10.0. The summed E-state index contributed by atoms with van der Waals surface area (Å²) in [6.07, 6.45) is 0.618. The van der Waals surface area contributed by atoms with Gasteiger partial charge in [0, 0.05) is 17.2 Å². The van der Waals surface area contributed by atoms with Crippen molar-refractivity contribution in [2.24, 2.45) is 0 Å². The molecule has 0 aliphatic heterocycles. The summed E-state index contributed by atoms with van der Waals surface area (Å²) in [7, 11) is -3.20. The number of Topliss-reactive ketones (excluding diaryl/α,β-unsaturated/α-hetero) is 1. The van der Waals surface area contributed by atoms with Crippen LogP contribution < -0.4 is 4.74 Å². The summed E-state index contributed by atoms with van der Waals surface area (Å²) in [5, 5.41) is 0. The predicted molar refractivity (Wildman–Crippen MR) is 61.9 cm³/mol. The molecular weight excluding hydrogens is 260 g/mol. The second-order valence-electron chi connectivity index (χ2n) is 3.59. The lowest BCUT2D eigenvalue weighted by atomic mass is 9.95. The topological polar surface area (TPSA) is 97.7 Å². The maximum Gasteiger partial charge on any atom is 0.295 e. The van der Waals surface area contributed by atoms with E-state index in [0.29, 0.717) is 11.8 Å². The fourth-order valence-electron chi connectivity index (χ4n) is 1.66. The fraction of sp³-hybridized carbons (Fsp3) is 0.0909. The van der Waals surface area contributed by atoms with Crippen molar-refractivity contribution in [2.45, 2.75) is 0 Å². The van der Waals surface area contributed by atoms with Gasteiger partial charge < -0.3 is 4.74 Å². The molecule has 0 amide bonds. The van der Waals surface area contributed by atoms with Crippen molar-refractivity contribution in [3.8, 4) is 5.75 Å². The van der Waals surface area contributed by atoms with Gasteiger partial charge in [-0.3, -0.25) is 14.1 Å². The molecule has 1 aromatic carbocycles. The zero-order chi connectivity index (χ0) is 13.5. The van der Waals surface area contributed by atoms with Crippen LogP contribution in [0.2, 0.25) is 0 Å². The Kier molecular flexibility index (Phi) is 2.80. The quantitative estimate of drug-likeness (QED) is 0.626. The molecule has 0 atom stereocenters. The first kappa shape index (κ1) is 12.5. The Hall–Kier alpha value is -1.99. The van der Waals surface area contributed by atoms with Crippen molar-refractivity contribution >= 4 is 26.6 Å². The average Bonchev–Trinajstić information content (AvgIpc) is 2.31. The molecule has 94 valence electrons. The number of ether oxygens (including phenoxy) is 1. The number of fused-ring (bicyclic) bond motifs is 1. The van der Waals surface area contributed by atoms with E-state index in [4.69, 9.17) is 9.29 Å². The van der Waals surface area contributed by atoms with E-state index in [-0.39, 0.29) is 11.1 Å². The Balaban J connectivity index is 2.75. The Morgan fingerprint density at radius 2 is 1.83 bits per heavy atom. The van der Waals surface area contributed by atoms with Gasteiger partial charge in [0.2, 0.25) is 11.6 Å². The van der Waals surface area contributed by atoms with Gasteiger partial charge in [0.15, 0.2) is 0 Å². The van der Waals surface area contributed by atoms with Gasteiger partial charge in [0.25, 0.3) is 10.1 Å². The summed E-state index contributed by atoms with van der Waals surface area (Å²) in [5.74, 6) is -1.52. The molecule has 0 heterocycles. The summed E-state index contributed by atoms with van der Waals surface area (Å²) in [5.41, 5.74) is -0.114. The molecule has 0 saturated carbocycles. The molecule has 2 rings (SSSR count). The van der Waals surface area contributed by atoms with E-state index in [9.17, 15) is 18.0 Å². The minimum absolute atomic E-state index is 0.0112. The molecule has 0 spiro atoms. The minimum Gasteiger partial charge on any atom is -0.497 e. The summed E-state index contributed by atoms with van der Waals surface area (Å²) in [4.78, 5) is 22.4. The lowest BCUT2D eigenvalue weighted by Gasteiger charge is -2.14. The van der Waals surface area contributed by atoms with Gasteiger partial charge >= 0.3 is 0 Å². The van der Waals surface area contributed by atoms with Crippen LogP contribution in [-0.4, -0.2) is 31.6 Å². The highest BCUT2D eigenvalue weighted by Crippen LogP contribution is 2.31. The van der Waals surface area contributed by atoms with Crippen LogP contribution in [0.25, 0.3) is 4.91 Å². The highest BCUT2D eigenvalue weighted by atomic mass is 32.2. The van der Waals surface area contributed by atoms with Crippen molar-refractivity contribution in [1.82, 2.24) is 0 Å². The lowest BCUT2D eigenvalue weighted by Crippen LogP contribution is -2.21. The molecule has 0 bridgehead atoms. The van der Waals surface area contributed by atoms with Crippen LogP contribution in [0.3, 0.4) is 0 Å². The van der Waals surface area contributed by atoms with E-state index in [1.54, 1.807) is 0 Å². The summed E-state index contributed by atoms with van der Waals surface area (Å²) < 4.78 is 36.2. The average molecular weight is 268 g/mol. The second-order valence-corrected chi connectivity index (χ2v) is 4.98. The van der Waals surface area contributed by atoms with Crippen LogP contribution in [0.5, 0.6) is 5.75 Å². The van der Waals surface area contributed by atoms with Gasteiger partial charge in [-0.25, -0.2) is 0 Å². The van der Waals surface area contributed by atoms with Crippen LogP contribution in [0, 0.1) is 0 Å². The van der Waals surface area contributed by atoms with Gasteiger partial charge in [-0.15, -0.1) is 0 Å². The SMILES string of the molecule is COc1ccc2c(c1)C(=O)C(=O)C=C2S(=O)(=O)O. The molecule has 7 heteroatoms. The van der Waals surface area contributed by atoms with E-state index in [0.717, 1.165) is 0 Å². The number of rotatable bonds is 2. The second kappa shape index (κ2) is 4.04. The van der Waals surface area contributed by atoms with Gasteiger partial charge in [-0.2, -0.15) is 8.42 Å². The largest absolute Gasteiger partial charge is 0.497 e. The first-order valence-corrected chi connectivity index (χ1v) is 6.25.